The molecule has 64 valence electrons. The van der Waals surface area contributed by atoms with Crippen molar-refractivity contribution in [2.75, 3.05) is 0 Å². The van der Waals surface area contributed by atoms with Crippen LogP contribution >= 0.6 is 0 Å². The summed E-state index contributed by atoms with van der Waals surface area (Å²) in [6, 6.07) is 0. The molecule has 2 amide bonds. The van der Waals surface area contributed by atoms with Crippen LogP contribution in [0.4, 0.5) is 0 Å². The molecule has 1 aliphatic carbocycles. The van der Waals surface area contributed by atoms with E-state index in [2.05, 4.69) is 0 Å². The Hall–Kier alpha value is -1.38. The van der Waals surface area contributed by atoms with Crippen LogP contribution < -0.4 is 0 Å². The van der Waals surface area contributed by atoms with Crippen LogP contribution in [0.5, 0.6) is 0 Å². The van der Waals surface area contributed by atoms with Gasteiger partial charge in [0.25, 0.3) is 0 Å². The molecule has 0 unspecified atom stereocenters. The minimum absolute atomic E-state index is 0.236. The highest BCUT2D eigenvalue weighted by molar-refractivity contribution is 5.95. The van der Waals surface area contributed by atoms with E-state index in [1.54, 1.807) is 6.08 Å². The van der Waals surface area contributed by atoms with Crippen molar-refractivity contribution in [1.82, 2.24) is 4.90 Å². The molecule has 0 bridgehead atoms. The zero-order chi connectivity index (χ0) is 9.14. The summed E-state index contributed by atoms with van der Waals surface area (Å²) in [6.07, 6.45) is 6.34. The monoisotopic (exact) mass is 165 g/mol. The Morgan fingerprint density at radius 1 is 1.33 bits per heavy atom. The second-order valence-electron chi connectivity index (χ2n) is 2.64. The molecular weight excluding hydrogens is 154 g/mol. The molecule has 1 aliphatic rings. The molecule has 3 heteroatoms. The van der Waals surface area contributed by atoms with Gasteiger partial charge in [0.15, 0.2) is 0 Å². The summed E-state index contributed by atoms with van der Waals surface area (Å²) in [6.45, 7) is 2.77. The molecule has 0 aromatic rings. The fraction of sp³-hybridized carbons (Fsp3) is 0.333. The smallest absolute Gasteiger partial charge is 0.230 e. The molecule has 0 aromatic carbocycles. The second kappa shape index (κ2) is 3.34. The van der Waals surface area contributed by atoms with Crippen molar-refractivity contribution in [3.05, 3.63) is 23.9 Å². The van der Waals surface area contributed by atoms with Crippen molar-refractivity contribution >= 4 is 11.8 Å². The number of rotatable bonds is 1. The van der Waals surface area contributed by atoms with Crippen LogP contribution in [0.3, 0.4) is 0 Å². The molecule has 0 radical (unpaired) electrons. The third-order valence-electron chi connectivity index (χ3n) is 1.64. The van der Waals surface area contributed by atoms with E-state index in [0.29, 0.717) is 5.70 Å². The molecule has 0 N–H and O–H groups in total. The van der Waals surface area contributed by atoms with Crippen molar-refractivity contribution in [1.29, 1.82) is 0 Å². The largest absolute Gasteiger partial charge is 0.274 e. The standard InChI is InChI=1S/C9H11NO2/c1-7(11)10(8(2)12)9-5-3-4-6-9/h3,5-6H,4H2,1-2H3. The van der Waals surface area contributed by atoms with Gasteiger partial charge in [0.05, 0.1) is 0 Å². The lowest BCUT2D eigenvalue weighted by atomic mass is 10.3. The van der Waals surface area contributed by atoms with Crippen LogP contribution in [-0.2, 0) is 9.59 Å². The predicted octanol–water partition coefficient (Wildman–Crippen LogP) is 1.23. The third kappa shape index (κ3) is 1.61. The van der Waals surface area contributed by atoms with Gasteiger partial charge in [-0.25, -0.2) is 0 Å². The van der Waals surface area contributed by atoms with E-state index in [0.717, 1.165) is 6.42 Å². The summed E-state index contributed by atoms with van der Waals surface area (Å²) in [5, 5.41) is 0. The number of hydrogen-bond donors (Lipinski definition) is 0. The SMILES string of the molecule is CC(=O)N(C(C)=O)C1=CCC=C1. The molecule has 12 heavy (non-hydrogen) atoms. The summed E-state index contributed by atoms with van der Waals surface area (Å²) in [4.78, 5) is 23.2. The van der Waals surface area contributed by atoms with Crippen molar-refractivity contribution < 1.29 is 9.59 Å². The van der Waals surface area contributed by atoms with E-state index in [1.165, 1.54) is 18.7 Å². The summed E-state index contributed by atoms with van der Waals surface area (Å²) in [5.74, 6) is -0.472. The number of carbonyl (C=O) groups excluding carboxylic acids is 2. The van der Waals surface area contributed by atoms with Gasteiger partial charge in [0.2, 0.25) is 11.8 Å². The number of allylic oxidation sites excluding steroid dienone is 3. The highest BCUT2D eigenvalue weighted by Gasteiger charge is 2.17. The van der Waals surface area contributed by atoms with Gasteiger partial charge in [-0.05, 0) is 12.5 Å². The fourth-order valence-electron chi connectivity index (χ4n) is 1.20. The Morgan fingerprint density at radius 2 is 1.92 bits per heavy atom. The average molecular weight is 165 g/mol. The quantitative estimate of drug-likeness (QED) is 0.586. The molecule has 0 saturated heterocycles. The average Bonchev–Trinajstić information content (AvgIpc) is 2.37. The first kappa shape index (κ1) is 8.71. The predicted molar refractivity (Wildman–Crippen MR) is 45.0 cm³/mol. The Morgan fingerprint density at radius 3 is 2.25 bits per heavy atom. The number of amides is 2. The second-order valence-corrected chi connectivity index (χ2v) is 2.64. The molecule has 1 rings (SSSR count). The molecule has 0 fully saturated rings. The lowest BCUT2D eigenvalue weighted by Gasteiger charge is -2.16. The van der Waals surface area contributed by atoms with Gasteiger partial charge in [-0.15, -0.1) is 0 Å². The zero-order valence-corrected chi connectivity index (χ0v) is 7.20. The third-order valence-corrected chi connectivity index (χ3v) is 1.64. The maximum Gasteiger partial charge on any atom is 0.230 e. The molecular formula is C9H11NO2. The van der Waals surface area contributed by atoms with E-state index in [9.17, 15) is 9.59 Å². The Kier molecular flexibility index (Phi) is 2.43. The van der Waals surface area contributed by atoms with Crippen LogP contribution in [0.15, 0.2) is 23.9 Å². The van der Waals surface area contributed by atoms with Gasteiger partial charge in [-0.1, -0.05) is 12.2 Å². The lowest BCUT2D eigenvalue weighted by Crippen LogP contribution is -2.31. The summed E-state index contributed by atoms with van der Waals surface area (Å²) in [5.41, 5.74) is 0.690. The molecule has 0 atom stereocenters. The minimum Gasteiger partial charge on any atom is -0.274 e. The Balaban J connectivity index is 2.86. The van der Waals surface area contributed by atoms with Crippen LogP contribution in [-0.4, -0.2) is 16.7 Å². The molecule has 0 heterocycles. The van der Waals surface area contributed by atoms with Crippen LogP contribution in [0.2, 0.25) is 0 Å². The first-order valence-electron chi connectivity index (χ1n) is 3.81. The van der Waals surface area contributed by atoms with E-state index in [1.807, 2.05) is 12.2 Å². The molecule has 0 saturated carbocycles. The number of imide groups is 1. The Bertz CT molecular complexity index is 262. The Labute approximate surface area is 71.4 Å². The maximum absolute atomic E-state index is 11.0. The van der Waals surface area contributed by atoms with Gasteiger partial charge in [0.1, 0.15) is 0 Å². The first-order chi connectivity index (χ1) is 5.63. The molecule has 0 aliphatic heterocycles. The fourth-order valence-corrected chi connectivity index (χ4v) is 1.20. The normalized spacial score (nSPS) is 14.3. The van der Waals surface area contributed by atoms with Gasteiger partial charge < -0.3 is 0 Å². The highest BCUT2D eigenvalue weighted by Crippen LogP contribution is 2.14. The van der Waals surface area contributed by atoms with Gasteiger partial charge in [-0.2, -0.15) is 0 Å². The molecule has 0 spiro atoms. The zero-order valence-electron chi connectivity index (χ0n) is 7.20. The highest BCUT2D eigenvalue weighted by atomic mass is 16.2. The van der Waals surface area contributed by atoms with Crippen molar-refractivity contribution in [2.45, 2.75) is 20.3 Å². The number of nitrogens with zero attached hydrogens (tertiary/aromatic N) is 1. The first-order valence-corrected chi connectivity index (χ1v) is 3.81. The summed E-state index contributed by atoms with van der Waals surface area (Å²) < 4.78 is 0. The van der Waals surface area contributed by atoms with Crippen molar-refractivity contribution in [2.24, 2.45) is 0 Å². The van der Waals surface area contributed by atoms with E-state index in [4.69, 9.17) is 0 Å². The van der Waals surface area contributed by atoms with E-state index in [-0.39, 0.29) is 11.8 Å². The van der Waals surface area contributed by atoms with Gasteiger partial charge in [-0.3, -0.25) is 14.5 Å². The summed E-state index contributed by atoms with van der Waals surface area (Å²) >= 11 is 0. The van der Waals surface area contributed by atoms with Crippen LogP contribution in [0, 0.1) is 0 Å². The number of carbonyl (C=O) groups is 2. The topological polar surface area (TPSA) is 37.4 Å². The van der Waals surface area contributed by atoms with Crippen LogP contribution in [0.25, 0.3) is 0 Å². The molecule has 3 nitrogen and oxygen atoms in total. The van der Waals surface area contributed by atoms with Crippen LogP contribution in [0.1, 0.15) is 20.3 Å². The van der Waals surface area contributed by atoms with Crippen molar-refractivity contribution in [3.8, 4) is 0 Å². The van der Waals surface area contributed by atoms with Gasteiger partial charge in [0, 0.05) is 19.5 Å². The summed E-state index contributed by atoms with van der Waals surface area (Å²) in [7, 11) is 0. The van der Waals surface area contributed by atoms with Crippen molar-refractivity contribution in [3.63, 3.8) is 0 Å². The van der Waals surface area contributed by atoms with E-state index < -0.39 is 0 Å². The molecule has 0 aromatic heterocycles. The van der Waals surface area contributed by atoms with E-state index >= 15 is 0 Å². The van der Waals surface area contributed by atoms with Gasteiger partial charge >= 0.3 is 0 Å². The maximum atomic E-state index is 11.0. The number of hydrogen-bond acceptors (Lipinski definition) is 2. The lowest BCUT2D eigenvalue weighted by molar-refractivity contribution is -0.139. The minimum atomic E-state index is -0.236.